The number of aliphatic hydroxyl groups is 1. The van der Waals surface area contributed by atoms with Crippen LogP contribution in [0.15, 0.2) is 17.0 Å². The molecule has 0 radical (unpaired) electrons. The summed E-state index contributed by atoms with van der Waals surface area (Å²) >= 11 is 0. The predicted molar refractivity (Wildman–Crippen MR) is 56.8 cm³/mol. The van der Waals surface area contributed by atoms with Crippen LogP contribution in [0.25, 0.3) is 0 Å². The summed E-state index contributed by atoms with van der Waals surface area (Å²) in [5.74, 6) is 0. The van der Waals surface area contributed by atoms with Gasteiger partial charge in [0.15, 0.2) is 4.90 Å². The monoisotopic (exact) mass is 276 g/mol. The number of nitriles is 1. The molecule has 7 nitrogen and oxygen atoms in total. The maximum absolute atomic E-state index is 11.2. The molecule has 1 aromatic rings. The van der Waals surface area contributed by atoms with Crippen molar-refractivity contribution in [1.82, 2.24) is 0 Å². The minimum atomic E-state index is -4.39. The number of benzene rings is 1. The average Bonchev–Trinajstić information content (AvgIpc) is 2.25. The van der Waals surface area contributed by atoms with Gasteiger partial charge in [0.2, 0.25) is 0 Å². The molecule has 1 N–H and O–H groups in total. The Morgan fingerprint density at radius 3 is 2.47 bits per heavy atom. The molecule has 9 heteroatoms. The van der Waals surface area contributed by atoms with Gasteiger partial charge in [-0.15, -0.1) is 0 Å². The van der Waals surface area contributed by atoms with Gasteiger partial charge in [0.25, 0.3) is 14.7 Å². The predicted octanol–water partition coefficient (Wildman–Crippen LogP) is 0.886. The van der Waals surface area contributed by atoms with E-state index in [0.29, 0.717) is 0 Å². The van der Waals surface area contributed by atoms with E-state index < -0.39 is 31.2 Å². The quantitative estimate of drug-likeness (QED) is 0.497. The van der Waals surface area contributed by atoms with Crippen LogP contribution >= 0.6 is 10.7 Å². The number of hydrogen-bond acceptors (Lipinski definition) is 6. The molecule has 0 unspecified atom stereocenters. The molecule has 0 heterocycles. The van der Waals surface area contributed by atoms with Gasteiger partial charge in [-0.25, -0.2) is 8.42 Å². The van der Waals surface area contributed by atoms with E-state index in [2.05, 4.69) is 0 Å². The van der Waals surface area contributed by atoms with Crippen LogP contribution in [0.4, 0.5) is 5.69 Å². The molecule has 0 aromatic heterocycles. The molecule has 0 bridgehead atoms. The molecule has 90 valence electrons. The number of halogens is 1. The van der Waals surface area contributed by atoms with Crippen LogP contribution < -0.4 is 0 Å². The molecule has 17 heavy (non-hydrogen) atoms. The Balaban J connectivity index is 3.79. The zero-order valence-electron chi connectivity index (χ0n) is 8.12. The first-order valence-electron chi connectivity index (χ1n) is 4.08. The summed E-state index contributed by atoms with van der Waals surface area (Å²) in [6, 6.07) is 3.44. The Kier molecular flexibility index (Phi) is 3.67. The minimum absolute atomic E-state index is 0.134. The zero-order valence-corrected chi connectivity index (χ0v) is 9.70. The number of aliphatic hydroxyl groups excluding tert-OH is 1. The van der Waals surface area contributed by atoms with Crippen molar-refractivity contribution in [3.8, 4) is 6.07 Å². The van der Waals surface area contributed by atoms with E-state index in [1.54, 1.807) is 6.07 Å². The molecule has 0 aliphatic rings. The minimum Gasteiger partial charge on any atom is -0.392 e. The molecule has 0 saturated heterocycles. The topological polar surface area (TPSA) is 121 Å². The fourth-order valence-electron chi connectivity index (χ4n) is 1.27. The average molecular weight is 277 g/mol. The van der Waals surface area contributed by atoms with Gasteiger partial charge < -0.3 is 5.11 Å². The third-order valence-electron chi connectivity index (χ3n) is 1.89. The summed E-state index contributed by atoms with van der Waals surface area (Å²) in [5, 5.41) is 28.3. The molecule has 0 saturated carbocycles. The van der Waals surface area contributed by atoms with Crippen molar-refractivity contribution in [3.63, 3.8) is 0 Å². The van der Waals surface area contributed by atoms with Gasteiger partial charge in [-0.2, -0.15) is 5.26 Å². The normalized spacial score (nSPS) is 10.9. The maximum Gasteiger partial charge on any atom is 0.290 e. The third kappa shape index (κ3) is 2.71. The second kappa shape index (κ2) is 4.67. The highest BCUT2D eigenvalue weighted by molar-refractivity contribution is 8.13. The van der Waals surface area contributed by atoms with Gasteiger partial charge in [0.05, 0.1) is 23.2 Å². The van der Waals surface area contributed by atoms with Crippen molar-refractivity contribution < 1.29 is 18.4 Å². The van der Waals surface area contributed by atoms with Crippen molar-refractivity contribution in [1.29, 1.82) is 5.26 Å². The number of nitrogens with zero attached hydrogens (tertiary/aromatic N) is 2. The number of nitro benzene ring substituents is 1. The molecule has 0 fully saturated rings. The highest BCUT2D eigenvalue weighted by Gasteiger charge is 2.28. The SMILES string of the molecule is N#Cc1cc(CO)c(S(=O)(=O)Cl)c([N+](=O)[O-])c1. The lowest BCUT2D eigenvalue weighted by molar-refractivity contribution is -0.387. The van der Waals surface area contributed by atoms with E-state index in [0.717, 1.165) is 12.1 Å². The Labute approximate surface area is 100 Å². The van der Waals surface area contributed by atoms with Crippen LogP contribution in [0.2, 0.25) is 0 Å². The first kappa shape index (κ1) is 13.4. The van der Waals surface area contributed by atoms with Gasteiger partial charge in [-0.3, -0.25) is 10.1 Å². The molecule has 0 aliphatic heterocycles. The molecular weight excluding hydrogens is 272 g/mol. The van der Waals surface area contributed by atoms with Gasteiger partial charge in [0, 0.05) is 22.3 Å². The molecule has 0 spiro atoms. The lowest BCUT2D eigenvalue weighted by Gasteiger charge is -2.05. The van der Waals surface area contributed by atoms with Crippen molar-refractivity contribution in [3.05, 3.63) is 33.4 Å². The maximum atomic E-state index is 11.2. The lowest BCUT2D eigenvalue weighted by atomic mass is 10.1. The van der Waals surface area contributed by atoms with Gasteiger partial charge in [-0.05, 0) is 6.07 Å². The highest BCUT2D eigenvalue weighted by Crippen LogP contribution is 2.31. The van der Waals surface area contributed by atoms with Gasteiger partial charge in [0.1, 0.15) is 0 Å². The first-order valence-corrected chi connectivity index (χ1v) is 6.39. The van der Waals surface area contributed by atoms with E-state index in [1.807, 2.05) is 0 Å². The largest absolute Gasteiger partial charge is 0.392 e. The zero-order chi connectivity index (χ0) is 13.2. The summed E-state index contributed by atoms with van der Waals surface area (Å²) in [5.41, 5.74) is -1.25. The smallest absolute Gasteiger partial charge is 0.290 e. The van der Waals surface area contributed by atoms with Gasteiger partial charge >= 0.3 is 0 Å². The van der Waals surface area contributed by atoms with Crippen molar-refractivity contribution >= 4 is 25.4 Å². The Bertz CT molecular complexity index is 620. The van der Waals surface area contributed by atoms with Crippen LogP contribution in [0.3, 0.4) is 0 Å². The van der Waals surface area contributed by atoms with Crippen molar-refractivity contribution in [2.24, 2.45) is 0 Å². The second-order valence-electron chi connectivity index (χ2n) is 2.95. The number of nitro groups is 1. The Morgan fingerprint density at radius 2 is 2.12 bits per heavy atom. The Morgan fingerprint density at radius 1 is 1.53 bits per heavy atom. The van der Waals surface area contributed by atoms with E-state index in [4.69, 9.17) is 21.1 Å². The fraction of sp³-hybridized carbons (Fsp3) is 0.125. The second-order valence-corrected chi connectivity index (χ2v) is 5.45. The molecular formula is C8H5ClN2O5S. The van der Waals surface area contributed by atoms with Crippen LogP contribution in [0.1, 0.15) is 11.1 Å². The molecule has 1 rings (SSSR count). The molecule has 0 aliphatic carbocycles. The third-order valence-corrected chi connectivity index (χ3v) is 3.31. The van der Waals surface area contributed by atoms with E-state index in [-0.39, 0.29) is 11.1 Å². The number of rotatable bonds is 3. The highest BCUT2D eigenvalue weighted by atomic mass is 35.7. The summed E-state index contributed by atoms with van der Waals surface area (Å²) in [6.45, 7) is -0.780. The van der Waals surface area contributed by atoms with Crippen molar-refractivity contribution in [2.75, 3.05) is 0 Å². The summed E-state index contributed by atoms with van der Waals surface area (Å²) in [6.07, 6.45) is 0. The van der Waals surface area contributed by atoms with Crippen LogP contribution in [0.5, 0.6) is 0 Å². The number of hydrogen-bond donors (Lipinski definition) is 1. The van der Waals surface area contributed by atoms with Crippen LogP contribution in [-0.4, -0.2) is 18.4 Å². The van der Waals surface area contributed by atoms with Crippen molar-refractivity contribution in [2.45, 2.75) is 11.5 Å². The summed E-state index contributed by atoms with van der Waals surface area (Å²) in [7, 11) is 0.676. The lowest BCUT2D eigenvalue weighted by Crippen LogP contribution is -2.04. The van der Waals surface area contributed by atoms with Crippen LogP contribution in [-0.2, 0) is 15.7 Å². The van der Waals surface area contributed by atoms with Crippen LogP contribution in [0, 0.1) is 21.4 Å². The molecule has 1 aromatic carbocycles. The standard InChI is InChI=1S/C8H5ClN2O5S/c9-17(15,16)8-6(4-12)1-5(3-10)2-7(8)11(13)14/h1-2,12H,4H2. The van der Waals surface area contributed by atoms with Gasteiger partial charge in [-0.1, -0.05) is 0 Å². The fourth-order valence-corrected chi connectivity index (χ4v) is 2.63. The first-order chi connectivity index (χ1) is 7.81. The molecule has 0 amide bonds. The van der Waals surface area contributed by atoms with E-state index >= 15 is 0 Å². The molecule has 0 atom stereocenters. The summed E-state index contributed by atoms with van der Waals surface area (Å²) in [4.78, 5) is 8.93. The van der Waals surface area contributed by atoms with E-state index in [1.165, 1.54) is 0 Å². The summed E-state index contributed by atoms with van der Waals surface area (Å²) < 4.78 is 22.4. The van der Waals surface area contributed by atoms with E-state index in [9.17, 15) is 18.5 Å². The Hall–Kier alpha value is -1.69.